The van der Waals surface area contributed by atoms with Gasteiger partial charge < -0.3 is 15.3 Å². The molecule has 2 heterocycles. The van der Waals surface area contributed by atoms with Crippen molar-refractivity contribution < 1.29 is 19.5 Å². The highest BCUT2D eigenvalue weighted by atomic mass is 79.9. The lowest BCUT2D eigenvalue weighted by molar-refractivity contribution is -0.152. The lowest BCUT2D eigenvalue weighted by Gasteiger charge is -2.34. The van der Waals surface area contributed by atoms with E-state index < -0.39 is 18.1 Å². The number of amides is 2. The second kappa shape index (κ2) is 7.23. The highest BCUT2D eigenvalue weighted by molar-refractivity contribution is 9.11. The Bertz CT molecular complexity index is 589. The van der Waals surface area contributed by atoms with Crippen molar-refractivity contribution in [1.29, 1.82) is 0 Å². The van der Waals surface area contributed by atoms with Crippen LogP contribution in [-0.2, 0) is 9.59 Å². The Morgan fingerprint density at radius 1 is 1.41 bits per heavy atom. The molecule has 1 aromatic heterocycles. The van der Waals surface area contributed by atoms with Crippen molar-refractivity contribution in [3.63, 3.8) is 0 Å². The van der Waals surface area contributed by atoms with Gasteiger partial charge in [-0.1, -0.05) is 0 Å². The monoisotopic (exact) mass is 388 g/mol. The second-order valence-electron chi connectivity index (χ2n) is 5.18. The first-order chi connectivity index (χ1) is 10.4. The summed E-state index contributed by atoms with van der Waals surface area (Å²) in [6.07, 6.45) is 2.04. The van der Waals surface area contributed by atoms with E-state index >= 15 is 0 Å². The number of carbonyl (C=O) groups is 3. The number of likely N-dealkylation sites (tertiary alicyclic amines) is 1. The molecule has 0 radical (unpaired) electrons. The normalized spacial score (nSPS) is 19.5. The van der Waals surface area contributed by atoms with Crippen LogP contribution in [0.1, 0.15) is 35.9 Å². The van der Waals surface area contributed by atoms with Gasteiger partial charge in [0, 0.05) is 6.54 Å². The maximum atomic E-state index is 12.4. The van der Waals surface area contributed by atoms with Crippen molar-refractivity contribution >= 4 is 45.1 Å². The van der Waals surface area contributed by atoms with E-state index in [1.165, 1.54) is 16.2 Å². The van der Waals surface area contributed by atoms with Crippen molar-refractivity contribution in [3.05, 3.63) is 20.8 Å². The zero-order valence-electron chi connectivity index (χ0n) is 12.0. The molecule has 2 amide bonds. The summed E-state index contributed by atoms with van der Waals surface area (Å²) >= 11 is 4.56. The van der Waals surface area contributed by atoms with Crippen LogP contribution in [0.3, 0.4) is 0 Å². The molecule has 0 saturated carbocycles. The van der Waals surface area contributed by atoms with Gasteiger partial charge in [-0.3, -0.25) is 9.59 Å². The fourth-order valence-corrected chi connectivity index (χ4v) is 3.76. The SMILES string of the molecule is C[C@@H](NC(=O)c1ccc(Br)s1)C(=O)N1CCCC[C@H]1C(=O)O. The zero-order valence-corrected chi connectivity index (χ0v) is 14.4. The van der Waals surface area contributed by atoms with E-state index in [2.05, 4.69) is 21.2 Å². The average Bonchev–Trinajstić information content (AvgIpc) is 2.93. The quantitative estimate of drug-likeness (QED) is 0.826. The van der Waals surface area contributed by atoms with Crippen LogP contribution < -0.4 is 5.32 Å². The number of hydrogen-bond acceptors (Lipinski definition) is 4. The van der Waals surface area contributed by atoms with E-state index in [1.807, 2.05) is 0 Å². The van der Waals surface area contributed by atoms with Crippen LogP contribution in [0.2, 0.25) is 0 Å². The van der Waals surface area contributed by atoms with E-state index in [0.717, 1.165) is 16.6 Å². The smallest absolute Gasteiger partial charge is 0.326 e. The lowest BCUT2D eigenvalue weighted by atomic mass is 10.0. The van der Waals surface area contributed by atoms with Crippen LogP contribution in [0.4, 0.5) is 0 Å². The number of carbonyl (C=O) groups excluding carboxylic acids is 2. The number of aliphatic carboxylic acids is 1. The molecule has 1 aliphatic rings. The van der Waals surface area contributed by atoms with E-state index in [1.54, 1.807) is 19.1 Å². The van der Waals surface area contributed by atoms with Crippen LogP contribution >= 0.6 is 27.3 Å². The van der Waals surface area contributed by atoms with Crippen molar-refractivity contribution in [2.45, 2.75) is 38.3 Å². The number of piperidine rings is 1. The van der Waals surface area contributed by atoms with E-state index in [-0.39, 0.29) is 11.8 Å². The van der Waals surface area contributed by atoms with Crippen LogP contribution in [0.15, 0.2) is 15.9 Å². The summed E-state index contributed by atoms with van der Waals surface area (Å²) in [6.45, 7) is 2.00. The molecule has 1 fully saturated rings. The van der Waals surface area contributed by atoms with E-state index in [4.69, 9.17) is 0 Å². The summed E-state index contributed by atoms with van der Waals surface area (Å²) in [6, 6.07) is 1.88. The van der Waals surface area contributed by atoms with Gasteiger partial charge in [-0.15, -0.1) is 11.3 Å². The first kappa shape index (κ1) is 17.0. The van der Waals surface area contributed by atoms with Gasteiger partial charge in [-0.25, -0.2) is 4.79 Å². The topological polar surface area (TPSA) is 86.7 Å². The molecule has 1 aliphatic heterocycles. The number of thiophene rings is 1. The minimum Gasteiger partial charge on any atom is -0.480 e. The van der Waals surface area contributed by atoms with Gasteiger partial charge in [0.1, 0.15) is 12.1 Å². The molecule has 0 aliphatic carbocycles. The molecule has 22 heavy (non-hydrogen) atoms. The number of carboxylic acids is 1. The number of rotatable bonds is 4. The lowest BCUT2D eigenvalue weighted by Crippen LogP contribution is -2.54. The predicted molar refractivity (Wildman–Crippen MR) is 85.9 cm³/mol. The fourth-order valence-electron chi connectivity index (χ4n) is 2.47. The van der Waals surface area contributed by atoms with Crippen molar-refractivity contribution in [2.75, 3.05) is 6.54 Å². The van der Waals surface area contributed by atoms with Crippen molar-refractivity contribution in [2.24, 2.45) is 0 Å². The van der Waals surface area contributed by atoms with Crippen LogP contribution in [0.25, 0.3) is 0 Å². The zero-order chi connectivity index (χ0) is 16.3. The summed E-state index contributed by atoms with van der Waals surface area (Å²) in [4.78, 5) is 37.6. The molecule has 1 aromatic rings. The number of nitrogens with zero attached hydrogens (tertiary/aromatic N) is 1. The Morgan fingerprint density at radius 2 is 2.14 bits per heavy atom. The molecule has 120 valence electrons. The minimum absolute atomic E-state index is 0.333. The van der Waals surface area contributed by atoms with E-state index in [9.17, 15) is 19.5 Å². The largest absolute Gasteiger partial charge is 0.480 e. The van der Waals surface area contributed by atoms with Gasteiger partial charge in [0.2, 0.25) is 5.91 Å². The minimum atomic E-state index is -0.992. The molecule has 0 unspecified atom stereocenters. The fraction of sp³-hybridized carbons (Fsp3) is 0.500. The molecule has 1 saturated heterocycles. The third-order valence-electron chi connectivity index (χ3n) is 3.59. The molecule has 2 rings (SSSR count). The second-order valence-corrected chi connectivity index (χ2v) is 7.64. The average molecular weight is 389 g/mol. The summed E-state index contributed by atoms with van der Waals surface area (Å²) < 4.78 is 0.832. The molecular formula is C14H17BrN2O4S. The third-order valence-corrected chi connectivity index (χ3v) is 5.21. The van der Waals surface area contributed by atoms with Gasteiger partial charge in [0.05, 0.1) is 8.66 Å². The summed E-state index contributed by atoms with van der Waals surface area (Å²) in [5, 5.41) is 11.8. The summed E-state index contributed by atoms with van der Waals surface area (Å²) in [7, 11) is 0. The Hall–Kier alpha value is -1.41. The van der Waals surface area contributed by atoms with Crippen LogP contribution in [0.5, 0.6) is 0 Å². The first-order valence-corrected chi connectivity index (χ1v) is 8.60. The molecule has 0 spiro atoms. The highest BCUT2D eigenvalue weighted by Crippen LogP contribution is 2.22. The summed E-state index contributed by atoms with van der Waals surface area (Å²) in [5.41, 5.74) is 0. The van der Waals surface area contributed by atoms with Crippen LogP contribution in [0, 0.1) is 0 Å². The first-order valence-electron chi connectivity index (χ1n) is 6.99. The van der Waals surface area contributed by atoms with Gasteiger partial charge in [0.25, 0.3) is 5.91 Å². The molecule has 0 bridgehead atoms. The number of halogens is 1. The third kappa shape index (κ3) is 3.86. The Balaban J connectivity index is 2.01. The number of hydrogen-bond donors (Lipinski definition) is 2. The van der Waals surface area contributed by atoms with Crippen molar-refractivity contribution in [1.82, 2.24) is 10.2 Å². The van der Waals surface area contributed by atoms with Crippen molar-refractivity contribution in [3.8, 4) is 0 Å². The van der Waals surface area contributed by atoms with Gasteiger partial charge in [0.15, 0.2) is 0 Å². The molecule has 2 atom stereocenters. The summed E-state index contributed by atoms with van der Waals surface area (Å²) in [5.74, 6) is -1.68. The van der Waals surface area contributed by atoms with Gasteiger partial charge in [-0.05, 0) is 54.2 Å². The van der Waals surface area contributed by atoms with E-state index in [0.29, 0.717) is 17.8 Å². The van der Waals surface area contributed by atoms with Gasteiger partial charge in [-0.2, -0.15) is 0 Å². The Morgan fingerprint density at radius 3 is 2.73 bits per heavy atom. The maximum absolute atomic E-state index is 12.4. The Kier molecular flexibility index (Phi) is 5.57. The maximum Gasteiger partial charge on any atom is 0.326 e. The van der Waals surface area contributed by atoms with Crippen LogP contribution in [-0.4, -0.2) is 46.4 Å². The molecule has 2 N–H and O–H groups in total. The Labute approximate surface area is 140 Å². The predicted octanol–water partition coefficient (Wildman–Crippen LogP) is 2.09. The molecular weight excluding hydrogens is 372 g/mol. The van der Waals surface area contributed by atoms with Gasteiger partial charge >= 0.3 is 5.97 Å². The number of nitrogens with one attached hydrogen (secondary N) is 1. The molecule has 8 heteroatoms. The number of carboxylic acid groups (broad SMARTS) is 1. The standard InChI is InChI=1S/C14H17BrN2O4S/c1-8(16-12(18)10-5-6-11(15)22-10)13(19)17-7-3-2-4-9(17)14(20)21/h5-6,8-9H,2-4,7H2,1H3,(H,16,18)(H,20,21)/t8-,9+/m1/s1. The highest BCUT2D eigenvalue weighted by Gasteiger charge is 2.34. The molecule has 0 aromatic carbocycles. The molecule has 6 nitrogen and oxygen atoms in total.